The van der Waals surface area contributed by atoms with Crippen LogP contribution in [-0.2, 0) is 19.0 Å². The smallest absolute Gasteiger partial charge is 0.308 e. The predicted octanol–water partition coefficient (Wildman–Crippen LogP) is 6.06. The average molecular weight is 397 g/mol. The molecule has 0 aliphatic heterocycles. The number of hydrogen-bond donors (Lipinski definition) is 0. The first-order chi connectivity index (χ1) is 13.7. The van der Waals surface area contributed by atoms with Crippen LogP contribution >= 0.6 is 0 Å². The van der Waals surface area contributed by atoms with E-state index in [-0.39, 0.29) is 18.0 Å². The zero-order valence-corrected chi connectivity index (χ0v) is 18.5. The van der Waals surface area contributed by atoms with Crippen molar-refractivity contribution in [3.63, 3.8) is 0 Å². The number of carbonyl (C=O) groups is 1. The molecule has 0 amide bonds. The van der Waals surface area contributed by atoms with E-state index in [0.29, 0.717) is 25.9 Å². The van der Waals surface area contributed by atoms with Crippen molar-refractivity contribution < 1.29 is 19.0 Å². The highest BCUT2D eigenvalue weighted by Crippen LogP contribution is 2.28. The van der Waals surface area contributed by atoms with E-state index in [0.717, 1.165) is 38.0 Å². The molecule has 4 heteroatoms. The minimum absolute atomic E-state index is 0.0156. The molecule has 4 nitrogen and oxygen atoms in total. The molecule has 0 unspecified atom stereocenters. The second-order valence-corrected chi connectivity index (χ2v) is 9.03. The van der Waals surface area contributed by atoms with E-state index < -0.39 is 0 Å². The minimum Gasteiger partial charge on any atom is -0.465 e. The topological polar surface area (TPSA) is 44.8 Å². The Balaban J connectivity index is 1.44. The Morgan fingerprint density at radius 3 is 1.86 bits per heavy atom. The number of unbranched alkanes of at least 4 members (excludes halogenated alkanes) is 5. The minimum atomic E-state index is 0.0156. The van der Waals surface area contributed by atoms with Crippen LogP contribution in [0.5, 0.6) is 0 Å². The average Bonchev–Trinajstić information content (AvgIpc) is 2.72. The van der Waals surface area contributed by atoms with E-state index in [1.807, 2.05) is 0 Å². The van der Waals surface area contributed by atoms with Gasteiger partial charge in [-0.25, -0.2) is 0 Å². The largest absolute Gasteiger partial charge is 0.465 e. The maximum Gasteiger partial charge on any atom is 0.308 e. The van der Waals surface area contributed by atoms with Crippen LogP contribution in [0.15, 0.2) is 0 Å². The van der Waals surface area contributed by atoms with E-state index in [1.54, 1.807) is 0 Å². The van der Waals surface area contributed by atoms with E-state index in [9.17, 15) is 4.79 Å². The number of ether oxygens (including phenoxy) is 3. The predicted molar refractivity (Wildman–Crippen MR) is 113 cm³/mol. The van der Waals surface area contributed by atoms with Gasteiger partial charge in [0.25, 0.3) is 0 Å². The fourth-order valence-electron chi connectivity index (χ4n) is 4.46. The van der Waals surface area contributed by atoms with E-state index in [4.69, 9.17) is 14.2 Å². The maximum atomic E-state index is 12.2. The van der Waals surface area contributed by atoms with Gasteiger partial charge < -0.3 is 14.2 Å². The van der Waals surface area contributed by atoms with Crippen molar-refractivity contribution in [3.8, 4) is 0 Å². The molecule has 2 aliphatic carbocycles. The molecule has 2 fully saturated rings. The van der Waals surface area contributed by atoms with Crippen LogP contribution in [-0.4, -0.2) is 38.0 Å². The molecular formula is C24H44O4. The fourth-order valence-corrected chi connectivity index (χ4v) is 4.46. The Kier molecular flexibility index (Phi) is 12.2. The third-order valence-electron chi connectivity index (χ3n) is 6.50. The third-order valence-corrected chi connectivity index (χ3v) is 6.50. The van der Waals surface area contributed by atoms with Gasteiger partial charge in [0.1, 0.15) is 0 Å². The van der Waals surface area contributed by atoms with Crippen LogP contribution in [0.1, 0.15) is 104 Å². The summed E-state index contributed by atoms with van der Waals surface area (Å²) in [5, 5.41) is 0. The summed E-state index contributed by atoms with van der Waals surface area (Å²) >= 11 is 0. The monoisotopic (exact) mass is 396 g/mol. The quantitative estimate of drug-likeness (QED) is 0.280. The zero-order chi connectivity index (χ0) is 20.0. The van der Waals surface area contributed by atoms with E-state index in [1.165, 1.54) is 57.8 Å². The maximum absolute atomic E-state index is 12.2. The SMILES string of the molecule is CCCCCCCCOC(=O)C1CCC(OCCOC2CCC(C)CC2)CC1. The Morgan fingerprint density at radius 1 is 0.714 bits per heavy atom. The molecule has 0 saturated heterocycles. The number of esters is 1. The first-order valence-corrected chi connectivity index (χ1v) is 12.1. The molecule has 0 aromatic rings. The van der Waals surface area contributed by atoms with Crippen molar-refractivity contribution in [2.45, 2.75) is 116 Å². The highest BCUT2D eigenvalue weighted by molar-refractivity contribution is 5.72. The molecule has 0 atom stereocenters. The summed E-state index contributed by atoms with van der Waals surface area (Å²) in [5.74, 6) is 0.964. The molecule has 164 valence electrons. The summed E-state index contributed by atoms with van der Waals surface area (Å²) in [7, 11) is 0. The highest BCUT2D eigenvalue weighted by Gasteiger charge is 2.27. The van der Waals surface area contributed by atoms with Crippen molar-refractivity contribution in [1.29, 1.82) is 0 Å². The van der Waals surface area contributed by atoms with E-state index in [2.05, 4.69) is 13.8 Å². The first kappa shape index (κ1) is 23.7. The van der Waals surface area contributed by atoms with Gasteiger partial charge in [0.2, 0.25) is 0 Å². The molecule has 0 N–H and O–H groups in total. The highest BCUT2D eigenvalue weighted by atomic mass is 16.5. The van der Waals surface area contributed by atoms with Crippen molar-refractivity contribution in [2.75, 3.05) is 19.8 Å². The van der Waals surface area contributed by atoms with Crippen molar-refractivity contribution in [3.05, 3.63) is 0 Å². The molecule has 0 aromatic carbocycles. The zero-order valence-electron chi connectivity index (χ0n) is 18.5. The van der Waals surface area contributed by atoms with Gasteiger partial charge in [-0.3, -0.25) is 4.79 Å². The van der Waals surface area contributed by atoms with Gasteiger partial charge in [-0.1, -0.05) is 46.0 Å². The summed E-state index contributed by atoms with van der Waals surface area (Å²) in [4.78, 5) is 12.2. The molecule has 2 saturated carbocycles. The van der Waals surface area contributed by atoms with Gasteiger partial charge in [0, 0.05) is 0 Å². The molecular weight excluding hydrogens is 352 g/mol. The molecule has 0 spiro atoms. The van der Waals surface area contributed by atoms with Gasteiger partial charge in [-0.15, -0.1) is 0 Å². The molecule has 0 heterocycles. The molecule has 0 aromatic heterocycles. The Bertz CT molecular complexity index is 395. The van der Waals surface area contributed by atoms with Crippen LogP contribution in [0, 0.1) is 11.8 Å². The summed E-state index contributed by atoms with van der Waals surface area (Å²) < 4.78 is 17.5. The third kappa shape index (κ3) is 9.73. The van der Waals surface area contributed by atoms with Crippen molar-refractivity contribution >= 4 is 5.97 Å². The van der Waals surface area contributed by atoms with Gasteiger partial charge >= 0.3 is 5.97 Å². The standard InChI is InChI=1S/C24H44O4/c1-3-4-5-6-7-8-17-28-24(25)21-11-15-23(16-12-21)27-19-18-26-22-13-9-20(2)10-14-22/h20-23H,3-19H2,1-2H3. The second kappa shape index (κ2) is 14.4. The number of carbonyl (C=O) groups excluding carboxylic acids is 1. The lowest BCUT2D eigenvalue weighted by molar-refractivity contribution is -0.151. The lowest BCUT2D eigenvalue weighted by Crippen LogP contribution is -2.29. The normalized spacial score (nSPS) is 28.2. The molecule has 28 heavy (non-hydrogen) atoms. The van der Waals surface area contributed by atoms with E-state index >= 15 is 0 Å². The molecule has 2 rings (SSSR count). The first-order valence-electron chi connectivity index (χ1n) is 12.1. The van der Waals surface area contributed by atoms with Crippen LogP contribution in [0.25, 0.3) is 0 Å². The molecule has 0 radical (unpaired) electrons. The molecule has 2 aliphatic rings. The van der Waals surface area contributed by atoms with Crippen molar-refractivity contribution in [2.24, 2.45) is 11.8 Å². The Labute approximate surface area is 173 Å². The second-order valence-electron chi connectivity index (χ2n) is 9.03. The van der Waals surface area contributed by atoms with Gasteiger partial charge in [0.05, 0.1) is 37.9 Å². The number of hydrogen-bond acceptors (Lipinski definition) is 4. The Hall–Kier alpha value is -0.610. The Morgan fingerprint density at radius 2 is 1.25 bits per heavy atom. The summed E-state index contributed by atoms with van der Waals surface area (Å²) in [6.45, 7) is 6.55. The lowest BCUT2D eigenvalue weighted by atomic mass is 9.87. The van der Waals surface area contributed by atoms with Crippen LogP contribution in [0.2, 0.25) is 0 Å². The number of rotatable bonds is 13. The van der Waals surface area contributed by atoms with Gasteiger partial charge in [-0.2, -0.15) is 0 Å². The van der Waals surface area contributed by atoms with Crippen LogP contribution in [0.3, 0.4) is 0 Å². The summed E-state index contributed by atoms with van der Waals surface area (Å²) in [6.07, 6.45) is 16.8. The van der Waals surface area contributed by atoms with Crippen molar-refractivity contribution in [1.82, 2.24) is 0 Å². The van der Waals surface area contributed by atoms with Gasteiger partial charge in [-0.05, 0) is 63.7 Å². The lowest BCUT2D eigenvalue weighted by Gasteiger charge is -2.28. The van der Waals surface area contributed by atoms with Gasteiger partial charge in [0.15, 0.2) is 0 Å². The summed E-state index contributed by atoms with van der Waals surface area (Å²) in [5.41, 5.74) is 0. The fraction of sp³-hybridized carbons (Fsp3) is 0.958. The van der Waals surface area contributed by atoms with Crippen LogP contribution < -0.4 is 0 Å². The molecule has 0 bridgehead atoms. The van der Waals surface area contributed by atoms with Crippen LogP contribution in [0.4, 0.5) is 0 Å². The summed E-state index contributed by atoms with van der Waals surface area (Å²) in [6, 6.07) is 0.